The average Bonchev–Trinajstić information content (AvgIpc) is 2.51. The van der Waals surface area contributed by atoms with E-state index in [2.05, 4.69) is 17.3 Å². The van der Waals surface area contributed by atoms with Gasteiger partial charge in [0.25, 0.3) is 5.91 Å². The number of carbonyl (C=O) groups is 1. The van der Waals surface area contributed by atoms with Crippen LogP contribution in [0.4, 0.5) is 0 Å². The van der Waals surface area contributed by atoms with Gasteiger partial charge in [0.2, 0.25) is 0 Å². The first-order valence-corrected chi connectivity index (χ1v) is 8.31. The molecule has 0 radical (unpaired) electrons. The van der Waals surface area contributed by atoms with Crippen LogP contribution in [0.5, 0.6) is 5.75 Å². The highest BCUT2D eigenvalue weighted by atomic mass is 35.5. The lowest BCUT2D eigenvalue weighted by Crippen LogP contribution is -2.38. The van der Waals surface area contributed by atoms with Gasteiger partial charge in [-0.25, -0.2) is 0 Å². The van der Waals surface area contributed by atoms with Crippen LogP contribution < -0.4 is 10.1 Å². The molecule has 1 N–H and O–H groups in total. The molecule has 0 unspecified atom stereocenters. The molecule has 4 nitrogen and oxygen atoms in total. The van der Waals surface area contributed by atoms with Crippen LogP contribution in [0.15, 0.2) is 24.3 Å². The number of nitrogens with zero attached hydrogens (tertiary/aromatic N) is 1. The second kappa shape index (κ2) is 8.39. The van der Waals surface area contributed by atoms with Gasteiger partial charge in [-0.1, -0.05) is 11.6 Å². The Bertz CT molecular complexity index is 470. The number of hydrogen-bond acceptors (Lipinski definition) is 3. The molecule has 0 saturated carbocycles. The minimum atomic E-state index is -0.501. The maximum Gasteiger partial charge on any atom is 0.260 e. The largest absolute Gasteiger partial charge is 0.481 e. The molecule has 0 bridgehead atoms. The van der Waals surface area contributed by atoms with Crippen LogP contribution in [0.25, 0.3) is 0 Å². The zero-order valence-corrected chi connectivity index (χ0v) is 14.1. The molecular formula is C17H25ClN2O2. The zero-order valence-electron chi connectivity index (χ0n) is 13.3. The van der Waals surface area contributed by atoms with Crippen LogP contribution in [-0.2, 0) is 4.79 Å². The van der Waals surface area contributed by atoms with Gasteiger partial charge in [-0.05, 0) is 76.5 Å². The number of halogens is 1. The number of carbonyl (C=O) groups excluding carboxylic acids is 1. The van der Waals surface area contributed by atoms with Crippen molar-refractivity contribution in [2.24, 2.45) is 5.92 Å². The smallest absolute Gasteiger partial charge is 0.260 e. The van der Waals surface area contributed by atoms with Crippen LogP contribution >= 0.6 is 11.6 Å². The normalized spacial score (nSPS) is 18.0. The summed E-state index contributed by atoms with van der Waals surface area (Å²) in [5, 5.41) is 3.62. The van der Waals surface area contributed by atoms with E-state index in [4.69, 9.17) is 16.3 Å². The minimum absolute atomic E-state index is 0.0668. The molecule has 0 spiro atoms. The van der Waals surface area contributed by atoms with Crippen molar-refractivity contribution < 1.29 is 9.53 Å². The quantitative estimate of drug-likeness (QED) is 0.874. The summed E-state index contributed by atoms with van der Waals surface area (Å²) >= 11 is 5.82. The van der Waals surface area contributed by atoms with Gasteiger partial charge in [-0.3, -0.25) is 4.79 Å². The number of piperidine rings is 1. The summed E-state index contributed by atoms with van der Waals surface area (Å²) in [7, 11) is 2.16. The third-order valence-corrected chi connectivity index (χ3v) is 4.44. The van der Waals surface area contributed by atoms with E-state index in [0.29, 0.717) is 10.8 Å². The molecule has 1 aliphatic rings. The molecule has 1 saturated heterocycles. The van der Waals surface area contributed by atoms with Crippen molar-refractivity contribution in [3.63, 3.8) is 0 Å². The van der Waals surface area contributed by atoms with E-state index in [9.17, 15) is 4.79 Å². The van der Waals surface area contributed by atoms with Crippen molar-refractivity contribution in [1.82, 2.24) is 10.2 Å². The molecule has 1 fully saturated rings. The average molecular weight is 325 g/mol. The molecule has 0 aliphatic carbocycles. The Morgan fingerprint density at radius 2 is 2.00 bits per heavy atom. The molecule has 5 heteroatoms. The highest BCUT2D eigenvalue weighted by Crippen LogP contribution is 2.19. The number of amides is 1. The molecule has 2 rings (SSSR count). The van der Waals surface area contributed by atoms with Crippen molar-refractivity contribution in [2.75, 3.05) is 26.7 Å². The van der Waals surface area contributed by atoms with Crippen molar-refractivity contribution in [2.45, 2.75) is 32.3 Å². The maximum absolute atomic E-state index is 12.0. The lowest BCUT2D eigenvalue weighted by Gasteiger charge is -2.29. The second-order valence-electron chi connectivity index (χ2n) is 6.04. The van der Waals surface area contributed by atoms with E-state index in [1.54, 1.807) is 31.2 Å². The van der Waals surface area contributed by atoms with Crippen LogP contribution in [0.3, 0.4) is 0 Å². The topological polar surface area (TPSA) is 41.6 Å². The van der Waals surface area contributed by atoms with Crippen LogP contribution in [-0.4, -0.2) is 43.6 Å². The molecule has 122 valence electrons. The SMILES string of the molecule is C[C@H](Oc1ccc(Cl)cc1)C(=O)NCCC1CCN(C)CC1. The Balaban J connectivity index is 1.67. The molecule has 1 amide bonds. The molecule has 1 aromatic carbocycles. The van der Waals surface area contributed by atoms with Crippen LogP contribution in [0.2, 0.25) is 5.02 Å². The number of likely N-dealkylation sites (tertiary alicyclic amines) is 1. The fourth-order valence-electron chi connectivity index (χ4n) is 2.66. The Morgan fingerprint density at radius 1 is 1.36 bits per heavy atom. The highest BCUT2D eigenvalue weighted by Gasteiger charge is 2.18. The number of hydrogen-bond donors (Lipinski definition) is 1. The molecule has 0 aromatic heterocycles. The lowest BCUT2D eigenvalue weighted by atomic mass is 9.94. The minimum Gasteiger partial charge on any atom is -0.481 e. The number of nitrogens with one attached hydrogen (secondary N) is 1. The first-order valence-electron chi connectivity index (χ1n) is 7.93. The molecule has 22 heavy (non-hydrogen) atoms. The van der Waals surface area contributed by atoms with E-state index in [0.717, 1.165) is 32.0 Å². The number of ether oxygens (including phenoxy) is 1. The highest BCUT2D eigenvalue weighted by molar-refractivity contribution is 6.30. The second-order valence-corrected chi connectivity index (χ2v) is 6.48. The summed E-state index contributed by atoms with van der Waals surface area (Å²) in [5.74, 6) is 1.31. The van der Waals surface area contributed by atoms with Gasteiger partial charge in [-0.2, -0.15) is 0 Å². The maximum atomic E-state index is 12.0. The zero-order chi connectivity index (χ0) is 15.9. The predicted molar refractivity (Wildman–Crippen MR) is 89.4 cm³/mol. The van der Waals surface area contributed by atoms with Gasteiger partial charge in [0, 0.05) is 11.6 Å². The van der Waals surface area contributed by atoms with Crippen LogP contribution in [0, 0.1) is 5.92 Å². The van der Waals surface area contributed by atoms with Gasteiger partial charge in [0.1, 0.15) is 5.75 Å². The summed E-state index contributed by atoms with van der Waals surface area (Å²) in [6.07, 6.45) is 3.00. The van der Waals surface area contributed by atoms with Gasteiger partial charge in [-0.15, -0.1) is 0 Å². The molecule has 1 aliphatic heterocycles. The summed E-state index contributed by atoms with van der Waals surface area (Å²) < 4.78 is 5.61. The Labute approximate surface area is 137 Å². The van der Waals surface area contributed by atoms with Gasteiger partial charge < -0.3 is 15.0 Å². The van der Waals surface area contributed by atoms with E-state index >= 15 is 0 Å². The Hall–Kier alpha value is -1.26. The van der Waals surface area contributed by atoms with Gasteiger partial charge >= 0.3 is 0 Å². The Kier molecular flexibility index (Phi) is 6.52. The third-order valence-electron chi connectivity index (χ3n) is 4.19. The van der Waals surface area contributed by atoms with Gasteiger partial charge in [0.05, 0.1) is 0 Å². The van der Waals surface area contributed by atoms with E-state index in [1.165, 1.54) is 12.8 Å². The van der Waals surface area contributed by atoms with Crippen molar-refractivity contribution in [1.29, 1.82) is 0 Å². The predicted octanol–water partition coefficient (Wildman–Crippen LogP) is 2.96. The molecular weight excluding hydrogens is 300 g/mol. The third kappa shape index (κ3) is 5.50. The summed E-state index contributed by atoms with van der Waals surface area (Å²) in [6, 6.07) is 7.04. The number of rotatable bonds is 6. The van der Waals surface area contributed by atoms with E-state index in [-0.39, 0.29) is 5.91 Å². The van der Waals surface area contributed by atoms with Crippen molar-refractivity contribution in [3.05, 3.63) is 29.3 Å². The molecule has 1 aromatic rings. The van der Waals surface area contributed by atoms with E-state index < -0.39 is 6.10 Å². The van der Waals surface area contributed by atoms with Crippen LogP contribution in [0.1, 0.15) is 26.2 Å². The first-order chi connectivity index (χ1) is 10.5. The standard InChI is InChI=1S/C17H25ClN2O2/c1-13(22-16-5-3-15(18)4-6-16)17(21)19-10-7-14-8-11-20(2)12-9-14/h3-6,13-14H,7-12H2,1-2H3,(H,19,21)/t13-/m0/s1. The number of benzene rings is 1. The summed E-state index contributed by atoms with van der Waals surface area (Å²) in [4.78, 5) is 14.4. The summed E-state index contributed by atoms with van der Waals surface area (Å²) in [5.41, 5.74) is 0. The van der Waals surface area contributed by atoms with Crippen molar-refractivity contribution >= 4 is 17.5 Å². The monoisotopic (exact) mass is 324 g/mol. The lowest BCUT2D eigenvalue weighted by molar-refractivity contribution is -0.127. The fraction of sp³-hybridized carbons (Fsp3) is 0.588. The fourth-order valence-corrected chi connectivity index (χ4v) is 2.79. The van der Waals surface area contributed by atoms with E-state index in [1.807, 2.05) is 0 Å². The molecule has 1 heterocycles. The van der Waals surface area contributed by atoms with Crippen molar-refractivity contribution in [3.8, 4) is 5.75 Å². The molecule has 1 atom stereocenters. The first kappa shape index (κ1) is 17.1. The summed E-state index contributed by atoms with van der Waals surface area (Å²) in [6.45, 7) is 4.81. The Morgan fingerprint density at radius 3 is 2.64 bits per heavy atom. The van der Waals surface area contributed by atoms with Gasteiger partial charge in [0.15, 0.2) is 6.10 Å².